The molecular weight excluding hydrogens is 284 g/mol. The Bertz CT molecular complexity index is 660. The molecule has 0 amide bonds. The van der Waals surface area contributed by atoms with Crippen LogP contribution < -0.4 is 0 Å². The number of ether oxygens (including phenoxy) is 1. The second-order valence-electron chi connectivity index (χ2n) is 5.24. The van der Waals surface area contributed by atoms with Crippen LogP contribution in [-0.2, 0) is 17.6 Å². The van der Waals surface area contributed by atoms with E-state index in [1.807, 2.05) is 6.07 Å². The van der Waals surface area contributed by atoms with Crippen LogP contribution in [0.3, 0.4) is 0 Å². The number of furan rings is 1. The topological polar surface area (TPSA) is 39.4 Å². The Morgan fingerprint density at radius 1 is 1.24 bits per heavy atom. The molecule has 110 valence electrons. The summed E-state index contributed by atoms with van der Waals surface area (Å²) in [7, 11) is 1.35. The van der Waals surface area contributed by atoms with Crippen molar-refractivity contribution in [3.63, 3.8) is 0 Å². The minimum absolute atomic E-state index is 0.155. The average molecular weight is 302 g/mol. The van der Waals surface area contributed by atoms with E-state index in [2.05, 4.69) is 29.9 Å². The van der Waals surface area contributed by atoms with E-state index in [9.17, 15) is 4.79 Å². The number of thioether (sulfide) groups is 1. The maximum absolute atomic E-state index is 11.4. The van der Waals surface area contributed by atoms with Gasteiger partial charge >= 0.3 is 5.97 Å². The molecule has 1 aliphatic rings. The van der Waals surface area contributed by atoms with Gasteiger partial charge in [0.2, 0.25) is 5.76 Å². The summed E-state index contributed by atoms with van der Waals surface area (Å²) >= 11 is 1.75. The van der Waals surface area contributed by atoms with E-state index in [1.165, 1.54) is 42.4 Å². The smallest absolute Gasteiger partial charge is 0.373 e. The Hall–Kier alpha value is -1.68. The molecule has 0 radical (unpaired) electrons. The summed E-state index contributed by atoms with van der Waals surface area (Å²) in [6.45, 7) is 2.08. The van der Waals surface area contributed by atoms with Gasteiger partial charge in [0, 0.05) is 4.90 Å². The highest BCUT2D eigenvalue weighted by atomic mass is 32.2. The Balaban J connectivity index is 1.72. The van der Waals surface area contributed by atoms with E-state index in [1.54, 1.807) is 17.8 Å². The number of benzene rings is 1. The molecule has 3 rings (SSSR count). The van der Waals surface area contributed by atoms with E-state index >= 15 is 0 Å². The zero-order chi connectivity index (χ0) is 14.8. The summed E-state index contributed by atoms with van der Waals surface area (Å²) in [6, 6.07) is 10.2. The first-order valence-corrected chi connectivity index (χ1v) is 8.02. The predicted octanol–water partition coefficient (Wildman–Crippen LogP) is 4.41. The average Bonchev–Trinajstić information content (AvgIpc) is 3.14. The van der Waals surface area contributed by atoms with E-state index in [-0.39, 0.29) is 11.0 Å². The van der Waals surface area contributed by atoms with Crippen LogP contribution in [0, 0.1) is 0 Å². The van der Waals surface area contributed by atoms with Crippen molar-refractivity contribution in [1.29, 1.82) is 0 Å². The van der Waals surface area contributed by atoms with Gasteiger partial charge in [0.25, 0.3) is 0 Å². The molecule has 1 aromatic carbocycles. The second kappa shape index (κ2) is 5.98. The number of hydrogen-bond acceptors (Lipinski definition) is 4. The van der Waals surface area contributed by atoms with Crippen molar-refractivity contribution in [2.24, 2.45) is 0 Å². The van der Waals surface area contributed by atoms with Crippen LogP contribution in [0.2, 0.25) is 0 Å². The molecule has 1 unspecified atom stereocenters. The molecule has 0 saturated carbocycles. The van der Waals surface area contributed by atoms with Crippen LogP contribution in [-0.4, -0.2) is 13.1 Å². The van der Waals surface area contributed by atoms with E-state index in [0.29, 0.717) is 0 Å². The van der Waals surface area contributed by atoms with Crippen molar-refractivity contribution in [3.8, 4) is 0 Å². The van der Waals surface area contributed by atoms with Gasteiger partial charge in [-0.05, 0) is 61.6 Å². The molecule has 4 heteroatoms. The SMILES string of the molecule is COC(=O)c1ccc(C(C)Sc2ccc3c(c2)CCC3)o1. The highest BCUT2D eigenvalue weighted by Crippen LogP contribution is 2.37. The molecule has 1 aliphatic carbocycles. The van der Waals surface area contributed by atoms with Gasteiger partial charge < -0.3 is 9.15 Å². The first-order chi connectivity index (χ1) is 10.2. The molecule has 0 bridgehead atoms. The maximum Gasteiger partial charge on any atom is 0.373 e. The summed E-state index contributed by atoms with van der Waals surface area (Å²) in [4.78, 5) is 12.7. The van der Waals surface area contributed by atoms with Crippen molar-refractivity contribution in [2.45, 2.75) is 36.3 Å². The van der Waals surface area contributed by atoms with Crippen LogP contribution in [0.5, 0.6) is 0 Å². The van der Waals surface area contributed by atoms with Gasteiger partial charge in [-0.15, -0.1) is 11.8 Å². The lowest BCUT2D eigenvalue weighted by molar-refractivity contribution is 0.0563. The zero-order valence-electron chi connectivity index (χ0n) is 12.2. The van der Waals surface area contributed by atoms with Gasteiger partial charge in [0.05, 0.1) is 12.4 Å². The summed E-state index contributed by atoms with van der Waals surface area (Å²) in [5.74, 6) is 0.616. The Morgan fingerprint density at radius 3 is 2.86 bits per heavy atom. The van der Waals surface area contributed by atoms with Crippen LogP contribution in [0.1, 0.15) is 46.0 Å². The maximum atomic E-state index is 11.4. The monoisotopic (exact) mass is 302 g/mol. The lowest BCUT2D eigenvalue weighted by Gasteiger charge is -2.10. The molecule has 2 aromatic rings. The molecule has 21 heavy (non-hydrogen) atoms. The number of fused-ring (bicyclic) bond motifs is 1. The highest BCUT2D eigenvalue weighted by Gasteiger charge is 2.17. The fraction of sp³-hybridized carbons (Fsp3) is 0.353. The second-order valence-corrected chi connectivity index (χ2v) is 6.65. The van der Waals surface area contributed by atoms with E-state index in [4.69, 9.17) is 4.42 Å². The van der Waals surface area contributed by atoms with Gasteiger partial charge in [-0.2, -0.15) is 0 Å². The van der Waals surface area contributed by atoms with Crippen molar-refractivity contribution in [1.82, 2.24) is 0 Å². The van der Waals surface area contributed by atoms with Crippen LogP contribution in [0.25, 0.3) is 0 Å². The molecule has 0 fully saturated rings. The fourth-order valence-corrected chi connectivity index (χ4v) is 3.67. The van der Waals surface area contributed by atoms with E-state index in [0.717, 1.165) is 5.76 Å². The summed E-state index contributed by atoms with van der Waals surface area (Å²) in [6.07, 6.45) is 3.65. The fourth-order valence-electron chi connectivity index (χ4n) is 2.67. The number of methoxy groups -OCH3 is 1. The Labute approximate surface area is 128 Å². The van der Waals surface area contributed by atoms with Gasteiger partial charge in [-0.1, -0.05) is 6.07 Å². The summed E-state index contributed by atoms with van der Waals surface area (Å²) in [5.41, 5.74) is 2.96. The molecule has 0 N–H and O–H groups in total. The minimum Gasteiger partial charge on any atom is -0.463 e. The van der Waals surface area contributed by atoms with Crippen molar-refractivity contribution >= 4 is 17.7 Å². The van der Waals surface area contributed by atoms with Gasteiger partial charge in [0.15, 0.2) is 0 Å². The van der Waals surface area contributed by atoms with Gasteiger partial charge in [0.1, 0.15) is 5.76 Å². The number of esters is 1. The third kappa shape index (κ3) is 3.00. The molecule has 1 aromatic heterocycles. The standard InChI is InChI=1S/C17H18O3S/c1-11(15-8-9-16(20-15)17(18)19-2)21-14-7-6-12-4-3-5-13(12)10-14/h6-11H,3-5H2,1-2H3. The van der Waals surface area contributed by atoms with E-state index < -0.39 is 5.97 Å². The lowest BCUT2D eigenvalue weighted by atomic mass is 10.1. The summed E-state index contributed by atoms with van der Waals surface area (Å²) in [5, 5.41) is 0.155. The van der Waals surface area contributed by atoms with Gasteiger partial charge in [-0.3, -0.25) is 0 Å². The predicted molar refractivity (Wildman–Crippen MR) is 82.8 cm³/mol. The third-order valence-electron chi connectivity index (χ3n) is 3.80. The minimum atomic E-state index is -0.434. The van der Waals surface area contributed by atoms with Crippen molar-refractivity contribution < 1.29 is 13.9 Å². The Morgan fingerprint density at radius 2 is 2.05 bits per heavy atom. The number of aryl methyl sites for hydroxylation is 2. The molecule has 3 nitrogen and oxygen atoms in total. The molecule has 0 aliphatic heterocycles. The Kier molecular flexibility index (Phi) is 4.06. The number of carbonyl (C=O) groups excluding carboxylic acids is 1. The first kappa shape index (κ1) is 14.3. The first-order valence-electron chi connectivity index (χ1n) is 7.14. The zero-order valence-corrected chi connectivity index (χ0v) is 13.0. The molecule has 1 heterocycles. The highest BCUT2D eigenvalue weighted by molar-refractivity contribution is 7.99. The molecular formula is C17H18O3S. The van der Waals surface area contributed by atoms with Crippen LogP contribution in [0.15, 0.2) is 39.6 Å². The van der Waals surface area contributed by atoms with Crippen LogP contribution >= 0.6 is 11.8 Å². The van der Waals surface area contributed by atoms with Crippen molar-refractivity contribution in [2.75, 3.05) is 7.11 Å². The normalized spacial score (nSPS) is 14.8. The molecule has 0 saturated heterocycles. The quantitative estimate of drug-likeness (QED) is 0.619. The summed E-state index contributed by atoms with van der Waals surface area (Å²) < 4.78 is 10.2. The molecule has 0 spiro atoms. The molecule has 1 atom stereocenters. The third-order valence-corrected chi connectivity index (χ3v) is 4.91. The number of hydrogen-bond donors (Lipinski definition) is 0. The van der Waals surface area contributed by atoms with Crippen molar-refractivity contribution in [3.05, 3.63) is 53.0 Å². The number of carbonyl (C=O) groups is 1. The lowest BCUT2D eigenvalue weighted by Crippen LogP contribution is -1.98. The largest absolute Gasteiger partial charge is 0.463 e. The van der Waals surface area contributed by atoms with Gasteiger partial charge in [-0.25, -0.2) is 4.79 Å². The van der Waals surface area contributed by atoms with Crippen LogP contribution in [0.4, 0.5) is 0 Å². The number of rotatable bonds is 4.